The van der Waals surface area contributed by atoms with Crippen molar-refractivity contribution in [2.45, 2.75) is 38.4 Å². The molecule has 1 saturated heterocycles. The van der Waals surface area contributed by atoms with Crippen molar-refractivity contribution in [2.24, 2.45) is 0 Å². The quantitative estimate of drug-likeness (QED) is 0.869. The minimum Gasteiger partial charge on any atom is -0.481 e. The summed E-state index contributed by atoms with van der Waals surface area (Å²) < 4.78 is 16.1. The third-order valence-corrected chi connectivity index (χ3v) is 3.39. The van der Waals surface area contributed by atoms with E-state index in [4.69, 9.17) is 14.2 Å². The van der Waals surface area contributed by atoms with Gasteiger partial charge in [0.1, 0.15) is 6.10 Å². The van der Waals surface area contributed by atoms with E-state index in [0.29, 0.717) is 18.2 Å². The highest BCUT2D eigenvalue weighted by atomic mass is 16.5. The highest BCUT2D eigenvalue weighted by molar-refractivity contribution is 5.93. The predicted octanol–water partition coefficient (Wildman–Crippen LogP) is 2.00. The van der Waals surface area contributed by atoms with Gasteiger partial charge in [-0.05, 0) is 32.3 Å². The zero-order valence-corrected chi connectivity index (χ0v) is 12.5. The van der Waals surface area contributed by atoms with Gasteiger partial charge in [0.05, 0.1) is 31.7 Å². The maximum atomic E-state index is 12.0. The lowest BCUT2D eigenvalue weighted by atomic mass is 10.1. The number of aromatic nitrogens is 1. The van der Waals surface area contributed by atoms with Gasteiger partial charge in [-0.15, -0.1) is 0 Å². The lowest BCUT2D eigenvalue weighted by molar-refractivity contribution is -0.130. The molecule has 0 radical (unpaired) electrons. The minimum atomic E-state index is -0.530. The predicted molar refractivity (Wildman–Crippen MR) is 78.4 cm³/mol. The van der Waals surface area contributed by atoms with Gasteiger partial charge in [0.25, 0.3) is 5.91 Å². The molecule has 1 aromatic rings. The van der Waals surface area contributed by atoms with Crippen LogP contribution in [0.2, 0.25) is 0 Å². The van der Waals surface area contributed by atoms with Gasteiger partial charge in [-0.1, -0.05) is 0 Å². The average Bonchev–Trinajstić information content (AvgIpc) is 2.54. The zero-order valence-electron chi connectivity index (χ0n) is 12.5. The number of carbonyl (C=O) groups is 1. The van der Waals surface area contributed by atoms with Crippen LogP contribution < -0.4 is 10.1 Å². The van der Waals surface area contributed by atoms with Crippen molar-refractivity contribution in [1.82, 2.24) is 4.98 Å². The van der Waals surface area contributed by atoms with Crippen LogP contribution in [0.4, 0.5) is 5.69 Å². The molecule has 1 N–H and O–H groups in total. The summed E-state index contributed by atoms with van der Waals surface area (Å²) in [6.45, 7) is 2.97. The SMILES string of the molecule is COc1ccc(NC(=O)[C@H](C)OC[C@H]2CCCCO2)cn1. The Hall–Kier alpha value is -1.66. The molecule has 1 aromatic heterocycles. The summed E-state index contributed by atoms with van der Waals surface area (Å²) in [6.07, 6.45) is 4.39. The Bertz CT molecular complexity index is 443. The number of methoxy groups -OCH3 is 1. The second-order valence-corrected chi connectivity index (χ2v) is 5.04. The second kappa shape index (κ2) is 7.95. The molecule has 1 aliphatic heterocycles. The molecule has 1 fully saturated rings. The summed E-state index contributed by atoms with van der Waals surface area (Å²) in [5, 5.41) is 2.76. The first-order chi connectivity index (χ1) is 10.2. The first-order valence-electron chi connectivity index (χ1n) is 7.23. The van der Waals surface area contributed by atoms with Gasteiger partial charge >= 0.3 is 0 Å². The van der Waals surface area contributed by atoms with Crippen LogP contribution in [-0.2, 0) is 14.3 Å². The van der Waals surface area contributed by atoms with Gasteiger partial charge in [0, 0.05) is 12.7 Å². The van der Waals surface area contributed by atoms with E-state index >= 15 is 0 Å². The van der Waals surface area contributed by atoms with Gasteiger partial charge in [0.2, 0.25) is 5.88 Å². The number of amides is 1. The molecule has 1 amide bonds. The summed E-state index contributed by atoms with van der Waals surface area (Å²) in [5.74, 6) is 0.310. The molecular formula is C15H22N2O4. The molecule has 6 nitrogen and oxygen atoms in total. The van der Waals surface area contributed by atoms with Crippen LogP contribution in [-0.4, -0.2) is 43.4 Å². The number of rotatable bonds is 6. The third-order valence-electron chi connectivity index (χ3n) is 3.39. The summed E-state index contributed by atoms with van der Waals surface area (Å²) in [6, 6.07) is 3.43. The van der Waals surface area contributed by atoms with Crippen molar-refractivity contribution in [2.75, 3.05) is 25.6 Å². The Morgan fingerprint density at radius 1 is 1.52 bits per heavy atom. The largest absolute Gasteiger partial charge is 0.481 e. The molecule has 2 rings (SSSR count). The second-order valence-electron chi connectivity index (χ2n) is 5.04. The van der Waals surface area contributed by atoms with Gasteiger partial charge in [0.15, 0.2) is 0 Å². The number of nitrogens with one attached hydrogen (secondary N) is 1. The Labute approximate surface area is 124 Å². The van der Waals surface area contributed by atoms with Crippen molar-refractivity contribution in [3.63, 3.8) is 0 Å². The highest BCUT2D eigenvalue weighted by Crippen LogP contribution is 2.14. The fourth-order valence-corrected chi connectivity index (χ4v) is 2.09. The van der Waals surface area contributed by atoms with Crippen molar-refractivity contribution >= 4 is 11.6 Å². The number of hydrogen-bond donors (Lipinski definition) is 1. The molecule has 116 valence electrons. The molecule has 2 heterocycles. The lowest BCUT2D eigenvalue weighted by Crippen LogP contribution is -2.32. The van der Waals surface area contributed by atoms with Gasteiger partial charge in [-0.3, -0.25) is 4.79 Å². The van der Waals surface area contributed by atoms with Crippen LogP contribution in [0.25, 0.3) is 0 Å². The fraction of sp³-hybridized carbons (Fsp3) is 0.600. The van der Waals surface area contributed by atoms with Gasteiger partial charge in [-0.25, -0.2) is 4.98 Å². The standard InChI is InChI=1S/C15H22N2O4/c1-11(21-10-13-5-3-4-8-20-13)15(18)17-12-6-7-14(19-2)16-9-12/h6-7,9,11,13H,3-5,8,10H2,1-2H3,(H,17,18)/t11-,13+/m0/s1. The van der Waals surface area contributed by atoms with Crippen LogP contribution in [0.15, 0.2) is 18.3 Å². The minimum absolute atomic E-state index is 0.108. The van der Waals surface area contributed by atoms with Gasteiger partial charge < -0.3 is 19.5 Å². The summed E-state index contributed by atoms with van der Waals surface area (Å²) in [4.78, 5) is 16.0. The van der Waals surface area contributed by atoms with Crippen molar-refractivity contribution in [1.29, 1.82) is 0 Å². The van der Waals surface area contributed by atoms with Crippen molar-refractivity contribution in [3.8, 4) is 5.88 Å². The third kappa shape index (κ3) is 4.99. The van der Waals surface area contributed by atoms with Crippen molar-refractivity contribution in [3.05, 3.63) is 18.3 Å². The zero-order chi connectivity index (χ0) is 15.1. The molecule has 0 aromatic carbocycles. The molecule has 21 heavy (non-hydrogen) atoms. The van der Waals surface area contributed by atoms with Crippen LogP contribution in [0.5, 0.6) is 5.88 Å². The average molecular weight is 294 g/mol. The van der Waals surface area contributed by atoms with E-state index in [1.807, 2.05) is 0 Å². The Balaban J connectivity index is 1.75. The van der Waals surface area contributed by atoms with Crippen LogP contribution in [0.1, 0.15) is 26.2 Å². The molecule has 1 aliphatic rings. The molecule has 0 spiro atoms. The molecular weight excluding hydrogens is 272 g/mol. The Morgan fingerprint density at radius 3 is 3.00 bits per heavy atom. The maximum absolute atomic E-state index is 12.0. The molecule has 0 bridgehead atoms. The summed E-state index contributed by atoms with van der Waals surface area (Å²) in [5.41, 5.74) is 0.616. The number of anilines is 1. The molecule has 2 atom stereocenters. The normalized spacial score (nSPS) is 19.8. The summed E-state index contributed by atoms with van der Waals surface area (Å²) >= 11 is 0. The van der Waals surface area contributed by atoms with Crippen LogP contribution in [0, 0.1) is 0 Å². The van der Waals surface area contributed by atoms with Crippen LogP contribution in [0.3, 0.4) is 0 Å². The number of carbonyl (C=O) groups excluding carboxylic acids is 1. The number of ether oxygens (including phenoxy) is 3. The topological polar surface area (TPSA) is 69.7 Å². The van der Waals surface area contributed by atoms with E-state index in [0.717, 1.165) is 25.9 Å². The number of hydrogen-bond acceptors (Lipinski definition) is 5. The first kappa shape index (κ1) is 15.7. The van der Waals surface area contributed by atoms with E-state index in [9.17, 15) is 4.79 Å². The molecule has 6 heteroatoms. The molecule has 0 unspecified atom stereocenters. The van der Waals surface area contributed by atoms with E-state index < -0.39 is 6.10 Å². The highest BCUT2D eigenvalue weighted by Gasteiger charge is 2.19. The first-order valence-corrected chi connectivity index (χ1v) is 7.23. The Morgan fingerprint density at radius 2 is 2.38 bits per heavy atom. The number of nitrogens with zero attached hydrogens (tertiary/aromatic N) is 1. The van der Waals surface area contributed by atoms with E-state index in [-0.39, 0.29) is 12.0 Å². The van der Waals surface area contributed by atoms with Crippen molar-refractivity contribution < 1.29 is 19.0 Å². The summed E-state index contributed by atoms with van der Waals surface area (Å²) in [7, 11) is 1.55. The fourth-order valence-electron chi connectivity index (χ4n) is 2.09. The monoisotopic (exact) mass is 294 g/mol. The molecule has 0 saturated carbocycles. The van der Waals surface area contributed by atoms with E-state index in [1.54, 1.807) is 32.4 Å². The van der Waals surface area contributed by atoms with Crippen LogP contribution >= 0.6 is 0 Å². The van der Waals surface area contributed by atoms with E-state index in [2.05, 4.69) is 10.3 Å². The van der Waals surface area contributed by atoms with Gasteiger partial charge in [-0.2, -0.15) is 0 Å². The Kier molecular flexibility index (Phi) is 5.95. The smallest absolute Gasteiger partial charge is 0.253 e. The number of pyridine rings is 1. The molecule has 0 aliphatic carbocycles. The maximum Gasteiger partial charge on any atom is 0.253 e. The lowest BCUT2D eigenvalue weighted by Gasteiger charge is -2.23. The van der Waals surface area contributed by atoms with E-state index in [1.165, 1.54) is 0 Å².